The zero-order valence-electron chi connectivity index (χ0n) is 15.3. The topological polar surface area (TPSA) is 87.7 Å². The quantitative estimate of drug-likeness (QED) is 0.623. The predicted octanol–water partition coefficient (Wildman–Crippen LogP) is 1.73. The number of nitrogens with one attached hydrogen (secondary N) is 2. The molecule has 7 nitrogen and oxygen atoms in total. The number of amides is 2. The predicted molar refractivity (Wildman–Crippen MR) is 102 cm³/mol. The Balaban J connectivity index is 1.50. The molecule has 1 saturated heterocycles. The number of rotatable bonds is 4. The van der Waals surface area contributed by atoms with Crippen molar-refractivity contribution in [3.05, 3.63) is 77.5 Å². The Labute approximate surface area is 161 Å². The van der Waals surface area contributed by atoms with Gasteiger partial charge in [0, 0.05) is 0 Å². The minimum absolute atomic E-state index is 0.0812. The molecule has 2 aliphatic rings. The van der Waals surface area contributed by atoms with E-state index < -0.39 is 17.4 Å². The molecule has 1 fully saturated rings. The van der Waals surface area contributed by atoms with Gasteiger partial charge in [-0.1, -0.05) is 48.0 Å². The van der Waals surface area contributed by atoms with E-state index in [4.69, 9.17) is 4.74 Å². The Morgan fingerprint density at radius 3 is 2.54 bits per heavy atom. The monoisotopic (exact) mass is 377 g/mol. The molecule has 142 valence electrons. The second kappa shape index (κ2) is 6.94. The molecule has 0 aliphatic carbocycles. The summed E-state index contributed by atoms with van der Waals surface area (Å²) in [5, 5.41) is 0. The Hall–Kier alpha value is -3.45. The maximum Gasteiger partial charge on any atom is 0.355 e. The summed E-state index contributed by atoms with van der Waals surface area (Å²) in [7, 11) is 0. The Bertz CT molecular complexity index is 969. The second-order valence-electron chi connectivity index (χ2n) is 6.89. The number of hydrogen-bond donors (Lipinski definition) is 2. The summed E-state index contributed by atoms with van der Waals surface area (Å²) >= 11 is 0. The molecule has 4 rings (SSSR count). The third kappa shape index (κ3) is 3.16. The van der Waals surface area contributed by atoms with E-state index in [1.165, 1.54) is 6.08 Å². The minimum atomic E-state index is -1.29. The highest BCUT2D eigenvalue weighted by molar-refractivity contribution is 6.25. The number of benzene rings is 2. The molecule has 28 heavy (non-hydrogen) atoms. The first-order chi connectivity index (χ1) is 13.5. The van der Waals surface area contributed by atoms with Gasteiger partial charge in [0.25, 0.3) is 5.91 Å². The van der Waals surface area contributed by atoms with Gasteiger partial charge in [-0.05, 0) is 30.7 Å². The largest absolute Gasteiger partial charge is 0.456 e. The van der Waals surface area contributed by atoms with Crippen LogP contribution in [0.25, 0.3) is 0 Å². The molecular weight excluding hydrogens is 358 g/mol. The molecule has 0 saturated carbocycles. The van der Waals surface area contributed by atoms with Gasteiger partial charge in [0.05, 0.1) is 12.1 Å². The number of ether oxygens (including phenoxy) is 1. The number of hydrazine groups is 1. The molecule has 2 aromatic carbocycles. The van der Waals surface area contributed by atoms with Gasteiger partial charge in [-0.3, -0.25) is 9.59 Å². The third-order valence-electron chi connectivity index (χ3n) is 4.80. The van der Waals surface area contributed by atoms with Crippen LogP contribution < -0.4 is 15.8 Å². The van der Waals surface area contributed by atoms with Crippen LogP contribution in [-0.4, -0.2) is 23.3 Å². The van der Waals surface area contributed by atoms with Gasteiger partial charge in [0.2, 0.25) is 5.91 Å². The Morgan fingerprint density at radius 1 is 1.11 bits per heavy atom. The number of carbonyl (C=O) groups excluding carboxylic acids is 3. The molecule has 0 bridgehead atoms. The zero-order chi connectivity index (χ0) is 19.7. The van der Waals surface area contributed by atoms with Crippen LogP contribution in [0, 0.1) is 6.92 Å². The van der Waals surface area contributed by atoms with E-state index in [0.717, 1.165) is 16.0 Å². The molecule has 2 aliphatic heterocycles. The molecular formula is C21H19N3O4. The zero-order valence-corrected chi connectivity index (χ0v) is 15.3. The van der Waals surface area contributed by atoms with Crippen LogP contribution in [0.2, 0.25) is 0 Å². The van der Waals surface area contributed by atoms with Crippen molar-refractivity contribution in [2.45, 2.75) is 25.5 Å². The average Bonchev–Trinajstić information content (AvgIpc) is 3.23. The fourth-order valence-corrected chi connectivity index (χ4v) is 3.28. The van der Waals surface area contributed by atoms with E-state index in [2.05, 4.69) is 10.9 Å². The van der Waals surface area contributed by atoms with Crippen molar-refractivity contribution in [2.24, 2.45) is 0 Å². The highest BCUT2D eigenvalue weighted by Gasteiger charge is 2.54. The number of aryl methyl sites for hydroxylation is 1. The molecule has 1 spiro atoms. The summed E-state index contributed by atoms with van der Waals surface area (Å²) in [4.78, 5) is 39.0. The summed E-state index contributed by atoms with van der Waals surface area (Å²) in [5.74, 6) is -1.36. The van der Waals surface area contributed by atoms with Crippen LogP contribution >= 0.6 is 0 Å². The standard InChI is InChI=1S/C21H19N3O4/c1-14-7-9-16(10-8-14)24-18(25)12-21(20(24)27)11-17(22-23-21)19(26)28-13-15-5-3-2-4-6-15/h2-11,22-23H,12-13H2,1H3/t21-/m0/s1. The van der Waals surface area contributed by atoms with E-state index in [9.17, 15) is 14.4 Å². The van der Waals surface area contributed by atoms with Crippen LogP contribution in [-0.2, 0) is 25.7 Å². The maximum absolute atomic E-state index is 13.0. The van der Waals surface area contributed by atoms with Gasteiger partial charge in [0.15, 0.2) is 0 Å². The molecule has 7 heteroatoms. The van der Waals surface area contributed by atoms with Crippen molar-refractivity contribution in [2.75, 3.05) is 4.90 Å². The van der Waals surface area contributed by atoms with Crippen molar-refractivity contribution >= 4 is 23.5 Å². The van der Waals surface area contributed by atoms with E-state index in [0.29, 0.717) is 5.69 Å². The van der Waals surface area contributed by atoms with Crippen LogP contribution in [0.5, 0.6) is 0 Å². The summed E-state index contributed by atoms with van der Waals surface area (Å²) in [6, 6.07) is 16.4. The van der Waals surface area contributed by atoms with E-state index in [-0.39, 0.29) is 24.6 Å². The number of carbonyl (C=O) groups is 3. The van der Waals surface area contributed by atoms with Gasteiger partial charge < -0.3 is 10.2 Å². The van der Waals surface area contributed by atoms with Crippen LogP contribution in [0.15, 0.2) is 66.4 Å². The molecule has 2 heterocycles. The lowest BCUT2D eigenvalue weighted by Crippen LogP contribution is -2.51. The molecule has 2 aromatic rings. The van der Waals surface area contributed by atoms with Gasteiger partial charge in [-0.2, -0.15) is 0 Å². The summed E-state index contributed by atoms with van der Waals surface area (Å²) in [6.07, 6.45) is 1.36. The van der Waals surface area contributed by atoms with Gasteiger partial charge in [-0.15, -0.1) is 0 Å². The first-order valence-corrected chi connectivity index (χ1v) is 8.90. The lowest BCUT2D eigenvalue weighted by Gasteiger charge is -2.20. The Morgan fingerprint density at radius 2 is 1.82 bits per heavy atom. The number of anilines is 1. The number of esters is 1. The molecule has 0 radical (unpaired) electrons. The molecule has 1 atom stereocenters. The highest BCUT2D eigenvalue weighted by Crippen LogP contribution is 2.33. The van der Waals surface area contributed by atoms with E-state index in [1.54, 1.807) is 12.1 Å². The second-order valence-corrected chi connectivity index (χ2v) is 6.89. The molecule has 0 aromatic heterocycles. The number of nitrogens with zero attached hydrogens (tertiary/aromatic N) is 1. The normalized spacial score (nSPS) is 21.0. The van der Waals surface area contributed by atoms with Crippen LogP contribution in [0.1, 0.15) is 17.5 Å². The van der Waals surface area contributed by atoms with Gasteiger partial charge >= 0.3 is 5.97 Å². The third-order valence-corrected chi connectivity index (χ3v) is 4.80. The van der Waals surface area contributed by atoms with E-state index in [1.807, 2.05) is 49.4 Å². The fraction of sp³-hybridized carbons (Fsp3) is 0.190. The molecule has 2 N–H and O–H groups in total. The molecule has 0 unspecified atom stereocenters. The lowest BCUT2D eigenvalue weighted by molar-refractivity contribution is -0.140. The van der Waals surface area contributed by atoms with Gasteiger partial charge in [0.1, 0.15) is 17.8 Å². The SMILES string of the molecule is Cc1ccc(N2C(=O)C[C@@]3(C=C(C(=O)OCc4ccccc4)NN3)C2=O)cc1. The van der Waals surface area contributed by atoms with Crippen molar-refractivity contribution in [3.63, 3.8) is 0 Å². The highest BCUT2D eigenvalue weighted by atomic mass is 16.5. The summed E-state index contributed by atoms with van der Waals surface area (Å²) < 4.78 is 5.28. The number of hydrogen-bond acceptors (Lipinski definition) is 6. The minimum Gasteiger partial charge on any atom is -0.456 e. The lowest BCUT2D eigenvalue weighted by atomic mass is 9.98. The van der Waals surface area contributed by atoms with Crippen LogP contribution in [0.3, 0.4) is 0 Å². The first-order valence-electron chi connectivity index (χ1n) is 8.90. The fourth-order valence-electron chi connectivity index (χ4n) is 3.28. The van der Waals surface area contributed by atoms with Crippen molar-refractivity contribution in [1.29, 1.82) is 0 Å². The first kappa shape index (κ1) is 17.9. The van der Waals surface area contributed by atoms with Crippen molar-refractivity contribution in [1.82, 2.24) is 10.9 Å². The number of imide groups is 1. The van der Waals surface area contributed by atoms with Crippen molar-refractivity contribution in [3.8, 4) is 0 Å². The van der Waals surface area contributed by atoms with Crippen LogP contribution in [0.4, 0.5) is 5.69 Å². The average molecular weight is 377 g/mol. The van der Waals surface area contributed by atoms with Gasteiger partial charge in [-0.25, -0.2) is 15.1 Å². The summed E-state index contributed by atoms with van der Waals surface area (Å²) in [5.41, 5.74) is 6.71. The molecule has 2 amide bonds. The maximum atomic E-state index is 13.0. The summed E-state index contributed by atoms with van der Waals surface area (Å²) in [6.45, 7) is 2.05. The van der Waals surface area contributed by atoms with Crippen molar-refractivity contribution < 1.29 is 19.1 Å². The smallest absolute Gasteiger partial charge is 0.355 e. The Kier molecular flexibility index (Phi) is 4.44. The van der Waals surface area contributed by atoms with E-state index >= 15 is 0 Å².